The molecule has 6 heteroatoms. The van der Waals surface area contributed by atoms with Gasteiger partial charge in [0.25, 0.3) is 0 Å². The van der Waals surface area contributed by atoms with Gasteiger partial charge in [-0.3, -0.25) is 0 Å². The number of fused-ring (bicyclic) bond motifs is 1. The molecule has 0 aliphatic rings. The molecule has 0 radical (unpaired) electrons. The van der Waals surface area contributed by atoms with Gasteiger partial charge in [0, 0.05) is 17.3 Å². The molecule has 35 heavy (non-hydrogen) atoms. The first-order valence-corrected chi connectivity index (χ1v) is 12.2. The van der Waals surface area contributed by atoms with Gasteiger partial charge in [0.05, 0.1) is 11.6 Å². The number of nitrogens with one attached hydrogen (secondary N) is 1. The number of aliphatic hydroxyl groups is 1. The van der Waals surface area contributed by atoms with E-state index in [0.717, 1.165) is 55.5 Å². The maximum Gasteiger partial charge on any atom is 0.123 e. The summed E-state index contributed by atoms with van der Waals surface area (Å²) in [6.45, 7) is 1.62. The Morgan fingerprint density at radius 2 is 1.54 bits per heavy atom. The van der Waals surface area contributed by atoms with Crippen LogP contribution in [0.15, 0.2) is 79.0 Å². The lowest BCUT2D eigenvalue weighted by Gasteiger charge is -2.10. The number of hydrogen-bond donors (Lipinski definition) is 3. The molecule has 0 saturated carbocycles. The fourth-order valence-corrected chi connectivity index (χ4v) is 4.05. The van der Waals surface area contributed by atoms with Gasteiger partial charge in [0.2, 0.25) is 0 Å². The van der Waals surface area contributed by atoms with Crippen LogP contribution in [0.25, 0.3) is 16.6 Å². The SMILES string of the molecule is CNCCCC(O)c1ccc(F)cc1.NCCCCc1cn(-c2ccc(F)cc2)c2ccccc12. The van der Waals surface area contributed by atoms with Crippen molar-refractivity contribution in [3.8, 4) is 5.69 Å². The monoisotopic (exact) mass is 479 g/mol. The molecule has 0 saturated heterocycles. The third-order valence-electron chi connectivity index (χ3n) is 5.96. The van der Waals surface area contributed by atoms with Gasteiger partial charge < -0.3 is 20.7 Å². The van der Waals surface area contributed by atoms with E-state index in [1.807, 2.05) is 25.2 Å². The summed E-state index contributed by atoms with van der Waals surface area (Å²) in [6.07, 6.45) is 6.44. The van der Waals surface area contributed by atoms with Crippen LogP contribution in [0.3, 0.4) is 0 Å². The third kappa shape index (κ3) is 7.72. The molecule has 4 N–H and O–H groups in total. The third-order valence-corrected chi connectivity index (χ3v) is 5.96. The molecule has 1 heterocycles. The Hall–Kier alpha value is -3.06. The molecule has 3 aromatic carbocycles. The van der Waals surface area contributed by atoms with Crippen LogP contribution in [-0.4, -0.2) is 29.8 Å². The average molecular weight is 480 g/mol. The summed E-state index contributed by atoms with van der Waals surface area (Å²) in [4.78, 5) is 0. The van der Waals surface area contributed by atoms with E-state index in [0.29, 0.717) is 6.42 Å². The van der Waals surface area contributed by atoms with E-state index in [4.69, 9.17) is 5.73 Å². The number of aromatic nitrogens is 1. The minimum atomic E-state index is -0.482. The Balaban J connectivity index is 0.000000214. The van der Waals surface area contributed by atoms with Gasteiger partial charge in [0.15, 0.2) is 0 Å². The highest BCUT2D eigenvalue weighted by Gasteiger charge is 2.09. The summed E-state index contributed by atoms with van der Waals surface area (Å²) in [5.74, 6) is -0.477. The van der Waals surface area contributed by atoms with Crippen LogP contribution in [0.1, 0.15) is 42.9 Å². The Bertz CT molecular complexity index is 1160. The van der Waals surface area contributed by atoms with Gasteiger partial charge in [-0.05, 0) is 106 Å². The maximum atomic E-state index is 13.1. The first-order chi connectivity index (χ1) is 17.0. The largest absolute Gasteiger partial charge is 0.388 e. The summed E-state index contributed by atoms with van der Waals surface area (Å²) >= 11 is 0. The first kappa shape index (κ1) is 26.5. The topological polar surface area (TPSA) is 63.2 Å². The number of unbranched alkanes of at least 4 members (excludes halogenated alkanes) is 1. The number of rotatable bonds is 10. The van der Waals surface area contributed by atoms with Crippen molar-refractivity contribution in [2.24, 2.45) is 5.73 Å². The molecule has 1 atom stereocenters. The van der Waals surface area contributed by atoms with Gasteiger partial charge >= 0.3 is 0 Å². The molecular weight excluding hydrogens is 444 g/mol. The fourth-order valence-electron chi connectivity index (χ4n) is 4.05. The van der Waals surface area contributed by atoms with E-state index in [2.05, 4.69) is 34.3 Å². The van der Waals surface area contributed by atoms with Gasteiger partial charge in [-0.1, -0.05) is 30.3 Å². The van der Waals surface area contributed by atoms with E-state index < -0.39 is 6.10 Å². The number of nitrogens with zero attached hydrogens (tertiary/aromatic N) is 1. The number of aryl methyl sites for hydroxylation is 1. The number of aliphatic hydroxyl groups excluding tert-OH is 1. The number of para-hydroxylation sites is 1. The van der Waals surface area contributed by atoms with Crippen molar-refractivity contribution in [1.82, 2.24) is 9.88 Å². The molecule has 0 spiro atoms. The highest BCUT2D eigenvalue weighted by atomic mass is 19.1. The highest BCUT2D eigenvalue weighted by molar-refractivity contribution is 5.85. The van der Waals surface area contributed by atoms with E-state index in [1.165, 1.54) is 35.2 Å². The van der Waals surface area contributed by atoms with Gasteiger partial charge in [-0.2, -0.15) is 0 Å². The molecule has 4 aromatic rings. The summed E-state index contributed by atoms with van der Waals surface area (Å²) < 4.78 is 27.8. The Morgan fingerprint density at radius 3 is 2.20 bits per heavy atom. The molecule has 1 unspecified atom stereocenters. The maximum absolute atomic E-state index is 13.1. The first-order valence-electron chi connectivity index (χ1n) is 12.2. The summed E-state index contributed by atoms with van der Waals surface area (Å²) in [5, 5.41) is 14.0. The second-order valence-electron chi connectivity index (χ2n) is 8.58. The Kier molecular flexibility index (Phi) is 10.4. The standard InChI is InChI=1S/C18H19FN2.C11H16FNO/c19-15-8-10-16(11-9-15)21-13-14(5-3-4-12-20)17-6-1-2-7-18(17)21;1-13-8-2-3-11(14)9-4-6-10(12)7-5-9/h1-2,6-11,13H,3-5,12,20H2;4-7,11,13-14H,2-3,8H2,1H3. The van der Waals surface area contributed by atoms with Crippen LogP contribution in [0, 0.1) is 11.6 Å². The summed E-state index contributed by atoms with van der Waals surface area (Å²) in [6, 6.07) is 21.0. The Morgan fingerprint density at radius 1 is 0.886 bits per heavy atom. The molecule has 0 aliphatic carbocycles. The zero-order chi connectivity index (χ0) is 25.0. The minimum Gasteiger partial charge on any atom is -0.388 e. The molecule has 4 nitrogen and oxygen atoms in total. The molecule has 0 amide bonds. The average Bonchev–Trinajstić information content (AvgIpc) is 3.24. The molecular formula is C29H35F2N3O. The fraction of sp³-hybridized carbons (Fsp3) is 0.310. The van der Waals surface area contributed by atoms with Gasteiger partial charge in [-0.25, -0.2) is 8.78 Å². The van der Waals surface area contributed by atoms with Crippen LogP contribution in [0.5, 0.6) is 0 Å². The predicted octanol–water partition coefficient (Wildman–Crippen LogP) is 5.91. The van der Waals surface area contributed by atoms with Crippen molar-refractivity contribution in [2.75, 3.05) is 20.1 Å². The van der Waals surface area contributed by atoms with Crippen molar-refractivity contribution < 1.29 is 13.9 Å². The molecule has 4 rings (SSSR count). The minimum absolute atomic E-state index is 0.210. The van der Waals surface area contributed by atoms with Crippen molar-refractivity contribution in [1.29, 1.82) is 0 Å². The highest BCUT2D eigenvalue weighted by Crippen LogP contribution is 2.26. The van der Waals surface area contributed by atoms with E-state index in [9.17, 15) is 13.9 Å². The molecule has 0 aliphatic heterocycles. The lowest BCUT2D eigenvalue weighted by Crippen LogP contribution is -2.09. The number of hydrogen-bond acceptors (Lipinski definition) is 3. The van der Waals surface area contributed by atoms with Crippen LogP contribution >= 0.6 is 0 Å². The number of halogens is 2. The lowest BCUT2D eigenvalue weighted by molar-refractivity contribution is 0.164. The van der Waals surface area contributed by atoms with Crippen LogP contribution in [0.4, 0.5) is 8.78 Å². The summed E-state index contributed by atoms with van der Waals surface area (Å²) in [7, 11) is 1.88. The number of benzene rings is 3. The summed E-state index contributed by atoms with van der Waals surface area (Å²) in [5.41, 5.74) is 9.82. The zero-order valence-electron chi connectivity index (χ0n) is 20.3. The van der Waals surface area contributed by atoms with Crippen LogP contribution in [0.2, 0.25) is 0 Å². The molecule has 186 valence electrons. The normalized spacial score (nSPS) is 11.8. The zero-order valence-corrected chi connectivity index (χ0v) is 20.3. The van der Waals surface area contributed by atoms with Crippen molar-refractivity contribution in [2.45, 2.75) is 38.2 Å². The molecule has 0 fully saturated rings. The Labute approximate surface area is 206 Å². The van der Waals surface area contributed by atoms with E-state index in [-0.39, 0.29) is 11.6 Å². The van der Waals surface area contributed by atoms with Crippen molar-refractivity contribution >= 4 is 10.9 Å². The van der Waals surface area contributed by atoms with E-state index >= 15 is 0 Å². The van der Waals surface area contributed by atoms with Gasteiger partial charge in [0.1, 0.15) is 11.6 Å². The lowest BCUT2D eigenvalue weighted by atomic mass is 10.1. The smallest absolute Gasteiger partial charge is 0.123 e. The van der Waals surface area contributed by atoms with Crippen LogP contribution < -0.4 is 11.1 Å². The predicted molar refractivity (Wildman–Crippen MR) is 140 cm³/mol. The second-order valence-corrected chi connectivity index (χ2v) is 8.58. The van der Waals surface area contributed by atoms with Gasteiger partial charge in [-0.15, -0.1) is 0 Å². The van der Waals surface area contributed by atoms with Crippen molar-refractivity contribution in [3.05, 3.63) is 102 Å². The second kappa shape index (κ2) is 13.7. The van der Waals surface area contributed by atoms with Crippen LogP contribution in [-0.2, 0) is 6.42 Å². The molecule has 1 aromatic heterocycles. The molecule has 0 bridgehead atoms. The number of nitrogens with two attached hydrogens (primary N) is 1. The van der Waals surface area contributed by atoms with Crippen molar-refractivity contribution in [3.63, 3.8) is 0 Å². The van der Waals surface area contributed by atoms with E-state index in [1.54, 1.807) is 12.1 Å². The quantitative estimate of drug-likeness (QED) is 0.248.